The van der Waals surface area contributed by atoms with Gasteiger partial charge in [-0.3, -0.25) is 14.7 Å². The first-order valence-corrected chi connectivity index (χ1v) is 4.47. The van der Waals surface area contributed by atoms with Gasteiger partial charge in [0, 0.05) is 19.4 Å². The van der Waals surface area contributed by atoms with Crippen LogP contribution in [-0.4, -0.2) is 48.0 Å². The quantitative estimate of drug-likeness (QED) is 0.599. The maximum Gasteiger partial charge on any atom is 0.237 e. The second-order valence-electron chi connectivity index (χ2n) is 3.27. The Morgan fingerprint density at radius 2 is 1.86 bits per heavy atom. The van der Waals surface area contributed by atoms with Crippen molar-refractivity contribution in [1.29, 1.82) is 0 Å². The molecule has 1 aromatic rings. The molecule has 0 bridgehead atoms. The van der Waals surface area contributed by atoms with Crippen molar-refractivity contribution in [1.82, 2.24) is 14.8 Å². The van der Waals surface area contributed by atoms with Gasteiger partial charge in [0.05, 0.1) is 13.2 Å². The third-order valence-electron chi connectivity index (χ3n) is 1.85. The topological polar surface area (TPSA) is 36.4 Å². The number of pyridine rings is 1. The Morgan fingerprint density at radius 1 is 1.21 bits per heavy atom. The molecule has 0 radical (unpaired) electrons. The van der Waals surface area contributed by atoms with Gasteiger partial charge in [0.1, 0.15) is 0 Å². The number of rotatable bonds is 0. The summed E-state index contributed by atoms with van der Waals surface area (Å²) in [6, 6.07) is 5.72. The summed E-state index contributed by atoms with van der Waals surface area (Å²) in [5.41, 5.74) is 0. The van der Waals surface area contributed by atoms with Gasteiger partial charge in [0.2, 0.25) is 5.91 Å². The molecule has 76 valence electrons. The van der Waals surface area contributed by atoms with E-state index < -0.39 is 0 Å². The highest BCUT2D eigenvalue weighted by atomic mass is 16.2. The molecule has 4 nitrogen and oxygen atoms in total. The number of carbonyl (C=O) groups excluding carboxylic acids is 1. The molecular weight excluding hydrogens is 178 g/mol. The van der Waals surface area contributed by atoms with Gasteiger partial charge in [-0.25, -0.2) is 0 Å². The molecule has 0 aliphatic carbocycles. The van der Waals surface area contributed by atoms with Gasteiger partial charge in [-0.15, -0.1) is 0 Å². The van der Waals surface area contributed by atoms with Gasteiger partial charge in [-0.1, -0.05) is 6.07 Å². The summed E-state index contributed by atoms with van der Waals surface area (Å²) >= 11 is 0. The number of hydrogen-bond donors (Lipinski definition) is 0. The number of aromatic nitrogens is 1. The zero-order valence-electron chi connectivity index (χ0n) is 8.55. The summed E-state index contributed by atoms with van der Waals surface area (Å²) in [6.07, 6.45) is 3.50. The minimum Gasteiger partial charge on any atom is -0.332 e. The Morgan fingerprint density at radius 3 is 2.00 bits per heavy atom. The second-order valence-corrected chi connectivity index (χ2v) is 3.27. The summed E-state index contributed by atoms with van der Waals surface area (Å²) in [6.45, 7) is 1.36. The molecule has 0 unspecified atom stereocenters. The third kappa shape index (κ3) is 3.53. The lowest BCUT2D eigenvalue weighted by atomic mass is 10.5. The summed E-state index contributed by atoms with van der Waals surface area (Å²) in [7, 11) is 3.74. The van der Waals surface area contributed by atoms with Crippen LogP contribution in [0.1, 0.15) is 0 Å². The predicted octanol–water partition coefficient (Wildman–Crippen LogP) is 0.429. The van der Waals surface area contributed by atoms with Crippen LogP contribution in [0.3, 0.4) is 0 Å². The van der Waals surface area contributed by atoms with Crippen LogP contribution in [-0.2, 0) is 4.79 Å². The van der Waals surface area contributed by atoms with Crippen LogP contribution < -0.4 is 0 Å². The van der Waals surface area contributed by atoms with Crippen molar-refractivity contribution in [3.8, 4) is 0 Å². The van der Waals surface area contributed by atoms with Crippen LogP contribution >= 0.6 is 0 Å². The van der Waals surface area contributed by atoms with E-state index in [-0.39, 0.29) is 5.91 Å². The Hall–Kier alpha value is -1.42. The summed E-state index contributed by atoms with van der Waals surface area (Å²) in [5, 5.41) is 0. The lowest BCUT2D eigenvalue weighted by Crippen LogP contribution is -2.20. The van der Waals surface area contributed by atoms with Crippen LogP contribution in [0.2, 0.25) is 0 Å². The SMILES string of the molecule is CN1CC(=O)N(C)C1.c1ccncc1. The summed E-state index contributed by atoms with van der Waals surface area (Å²) in [5.74, 6) is 0.215. The van der Waals surface area contributed by atoms with Crippen molar-refractivity contribution in [2.75, 3.05) is 27.3 Å². The molecule has 14 heavy (non-hydrogen) atoms. The monoisotopic (exact) mass is 193 g/mol. The molecule has 0 N–H and O–H groups in total. The van der Waals surface area contributed by atoms with Crippen molar-refractivity contribution in [3.05, 3.63) is 30.6 Å². The molecule has 2 heterocycles. The van der Waals surface area contributed by atoms with E-state index in [0.29, 0.717) is 6.54 Å². The van der Waals surface area contributed by atoms with Gasteiger partial charge >= 0.3 is 0 Å². The van der Waals surface area contributed by atoms with Crippen LogP contribution in [0.4, 0.5) is 0 Å². The normalized spacial score (nSPS) is 16.4. The molecule has 0 aromatic carbocycles. The molecule has 1 aromatic heterocycles. The molecule has 4 heteroatoms. The standard InChI is InChI=1S/C5H10N2O.C5H5N/c1-6-3-5(8)7(2)4-6;1-2-4-6-5-3-1/h3-4H2,1-2H3;1-5H. The first-order chi connectivity index (χ1) is 6.70. The van der Waals surface area contributed by atoms with E-state index in [1.165, 1.54) is 0 Å². The zero-order valence-corrected chi connectivity index (χ0v) is 8.55. The predicted molar refractivity (Wildman–Crippen MR) is 54.5 cm³/mol. The van der Waals surface area contributed by atoms with E-state index in [9.17, 15) is 4.79 Å². The molecule has 1 fully saturated rings. The van der Waals surface area contributed by atoms with Crippen molar-refractivity contribution in [2.45, 2.75) is 0 Å². The maximum atomic E-state index is 10.7. The highest BCUT2D eigenvalue weighted by Gasteiger charge is 2.19. The fraction of sp³-hybridized carbons (Fsp3) is 0.400. The van der Waals surface area contributed by atoms with E-state index in [4.69, 9.17) is 0 Å². The van der Waals surface area contributed by atoms with Gasteiger partial charge < -0.3 is 4.90 Å². The van der Waals surface area contributed by atoms with Crippen molar-refractivity contribution in [3.63, 3.8) is 0 Å². The maximum absolute atomic E-state index is 10.7. The van der Waals surface area contributed by atoms with E-state index in [1.807, 2.05) is 37.2 Å². The average Bonchev–Trinajstić information content (AvgIpc) is 2.48. The smallest absolute Gasteiger partial charge is 0.237 e. The molecule has 1 amide bonds. The largest absolute Gasteiger partial charge is 0.332 e. The van der Waals surface area contributed by atoms with Crippen LogP contribution in [0.5, 0.6) is 0 Å². The third-order valence-corrected chi connectivity index (χ3v) is 1.85. The highest BCUT2D eigenvalue weighted by molar-refractivity contribution is 5.79. The molecule has 0 spiro atoms. The zero-order chi connectivity index (χ0) is 10.4. The molecule has 0 atom stereocenters. The fourth-order valence-electron chi connectivity index (χ4n) is 1.16. The fourth-order valence-corrected chi connectivity index (χ4v) is 1.16. The van der Waals surface area contributed by atoms with E-state index in [0.717, 1.165) is 6.67 Å². The van der Waals surface area contributed by atoms with Gasteiger partial charge in [-0.2, -0.15) is 0 Å². The van der Waals surface area contributed by atoms with Crippen molar-refractivity contribution >= 4 is 5.91 Å². The highest BCUT2D eigenvalue weighted by Crippen LogP contribution is 1.98. The number of nitrogens with zero attached hydrogens (tertiary/aromatic N) is 3. The number of amides is 1. The molecular formula is C10H15N3O. The Labute approximate surface area is 84.2 Å². The number of likely N-dealkylation sites (N-methyl/N-ethyl adjacent to an activating group) is 2. The van der Waals surface area contributed by atoms with Crippen LogP contribution in [0.25, 0.3) is 0 Å². The second kappa shape index (κ2) is 5.34. The number of carbonyl (C=O) groups is 1. The molecule has 0 saturated carbocycles. The van der Waals surface area contributed by atoms with Gasteiger partial charge in [-0.05, 0) is 19.2 Å². The minimum absolute atomic E-state index is 0.215. The average molecular weight is 193 g/mol. The van der Waals surface area contributed by atoms with E-state index in [2.05, 4.69) is 4.98 Å². The van der Waals surface area contributed by atoms with Crippen LogP contribution in [0, 0.1) is 0 Å². The van der Waals surface area contributed by atoms with Gasteiger partial charge in [0.15, 0.2) is 0 Å². The van der Waals surface area contributed by atoms with Gasteiger partial charge in [0.25, 0.3) is 0 Å². The number of hydrogen-bond acceptors (Lipinski definition) is 3. The molecule has 2 rings (SSSR count). The minimum atomic E-state index is 0.215. The first-order valence-electron chi connectivity index (χ1n) is 4.47. The van der Waals surface area contributed by atoms with E-state index in [1.54, 1.807) is 17.3 Å². The summed E-state index contributed by atoms with van der Waals surface area (Å²) < 4.78 is 0. The lowest BCUT2D eigenvalue weighted by Gasteiger charge is -2.06. The molecule has 1 aliphatic rings. The lowest BCUT2D eigenvalue weighted by molar-refractivity contribution is -0.125. The Kier molecular flexibility index (Phi) is 4.07. The Balaban J connectivity index is 0.000000146. The molecule has 1 saturated heterocycles. The summed E-state index contributed by atoms with van der Waals surface area (Å²) in [4.78, 5) is 18.1. The van der Waals surface area contributed by atoms with E-state index >= 15 is 0 Å². The Bertz CT molecular complexity index is 249. The first kappa shape index (κ1) is 10.7. The van der Waals surface area contributed by atoms with Crippen LogP contribution in [0.15, 0.2) is 30.6 Å². The molecule has 1 aliphatic heterocycles. The van der Waals surface area contributed by atoms with Crippen molar-refractivity contribution < 1.29 is 4.79 Å². The van der Waals surface area contributed by atoms with Crippen molar-refractivity contribution in [2.24, 2.45) is 0 Å².